The predicted molar refractivity (Wildman–Crippen MR) is 79.0 cm³/mol. The minimum Gasteiger partial charge on any atom is -0.492 e. The molecule has 0 spiro atoms. The van der Waals surface area contributed by atoms with Crippen molar-refractivity contribution in [3.8, 4) is 5.75 Å². The second-order valence-corrected chi connectivity index (χ2v) is 6.42. The standard InChI is InChI=1S/C14H22N2O2S/c15-6-5-13-1-3-14(4-2-13)18-10-7-16-8-11-19(17)12-9-16/h1-4H,5-12,15H2. The molecule has 2 rings (SSSR count). The summed E-state index contributed by atoms with van der Waals surface area (Å²) < 4.78 is 17.0. The van der Waals surface area contributed by atoms with Gasteiger partial charge in [-0.05, 0) is 30.7 Å². The molecule has 19 heavy (non-hydrogen) atoms. The lowest BCUT2D eigenvalue weighted by Gasteiger charge is -2.25. The number of hydrogen-bond donors (Lipinski definition) is 1. The molecule has 1 saturated heterocycles. The number of hydrogen-bond acceptors (Lipinski definition) is 4. The molecule has 1 heterocycles. The highest BCUT2D eigenvalue weighted by molar-refractivity contribution is 7.85. The number of rotatable bonds is 6. The Morgan fingerprint density at radius 1 is 1.21 bits per heavy atom. The molecule has 0 bridgehead atoms. The van der Waals surface area contributed by atoms with Gasteiger partial charge in [0.15, 0.2) is 0 Å². The van der Waals surface area contributed by atoms with E-state index in [-0.39, 0.29) is 0 Å². The normalized spacial score (nSPS) is 17.5. The Labute approximate surface area is 117 Å². The van der Waals surface area contributed by atoms with Crippen molar-refractivity contribution in [2.75, 3.05) is 44.3 Å². The van der Waals surface area contributed by atoms with Crippen molar-refractivity contribution in [3.63, 3.8) is 0 Å². The van der Waals surface area contributed by atoms with Gasteiger partial charge in [-0.15, -0.1) is 0 Å². The van der Waals surface area contributed by atoms with Gasteiger partial charge >= 0.3 is 0 Å². The van der Waals surface area contributed by atoms with Crippen LogP contribution >= 0.6 is 0 Å². The van der Waals surface area contributed by atoms with Crippen LogP contribution < -0.4 is 10.5 Å². The topological polar surface area (TPSA) is 55.6 Å². The average molecular weight is 282 g/mol. The molecule has 1 aromatic carbocycles. The van der Waals surface area contributed by atoms with Gasteiger partial charge in [-0.25, -0.2) is 0 Å². The average Bonchev–Trinajstić information content (AvgIpc) is 2.43. The highest BCUT2D eigenvalue weighted by Gasteiger charge is 2.14. The molecule has 0 aromatic heterocycles. The van der Waals surface area contributed by atoms with E-state index >= 15 is 0 Å². The SMILES string of the molecule is NCCc1ccc(OCCN2CCS(=O)CC2)cc1. The van der Waals surface area contributed by atoms with E-state index in [9.17, 15) is 4.21 Å². The van der Waals surface area contributed by atoms with Crippen LogP contribution in [0.15, 0.2) is 24.3 Å². The fraction of sp³-hybridized carbons (Fsp3) is 0.571. The summed E-state index contributed by atoms with van der Waals surface area (Å²) >= 11 is 0. The van der Waals surface area contributed by atoms with Crippen LogP contribution in [0.25, 0.3) is 0 Å². The molecule has 2 N–H and O–H groups in total. The van der Waals surface area contributed by atoms with Crippen molar-refractivity contribution < 1.29 is 8.95 Å². The molecule has 1 aromatic rings. The van der Waals surface area contributed by atoms with Gasteiger partial charge in [0.25, 0.3) is 0 Å². The highest BCUT2D eigenvalue weighted by Crippen LogP contribution is 2.12. The molecule has 1 aliphatic rings. The number of benzene rings is 1. The smallest absolute Gasteiger partial charge is 0.119 e. The Kier molecular flexibility index (Phi) is 5.82. The third kappa shape index (κ3) is 4.93. The minimum absolute atomic E-state index is 0.600. The fourth-order valence-corrected chi connectivity index (χ4v) is 3.24. The highest BCUT2D eigenvalue weighted by atomic mass is 32.2. The lowest BCUT2D eigenvalue weighted by atomic mass is 10.1. The van der Waals surface area contributed by atoms with Crippen molar-refractivity contribution in [3.05, 3.63) is 29.8 Å². The quantitative estimate of drug-likeness (QED) is 0.831. The summed E-state index contributed by atoms with van der Waals surface area (Å²) in [7, 11) is -0.600. The summed E-state index contributed by atoms with van der Waals surface area (Å²) in [6, 6.07) is 8.12. The van der Waals surface area contributed by atoms with Crippen LogP contribution in [0.4, 0.5) is 0 Å². The molecule has 5 heteroatoms. The first kappa shape index (κ1) is 14.5. The molecule has 0 atom stereocenters. The molecule has 0 saturated carbocycles. The van der Waals surface area contributed by atoms with E-state index < -0.39 is 10.8 Å². The maximum Gasteiger partial charge on any atom is 0.119 e. The van der Waals surface area contributed by atoms with Gasteiger partial charge in [0.2, 0.25) is 0 Å². The third-order valence-corrected chi connectivity index (χ3v) is 4.58. The first-order valence-electron chi connectivity index (χ1n) is 6.77. The summed E-state index contributed by atoms with van der Waals surface area (Å²) in [6.07, 6.45) is 0.908. The maximum absolute atomic E-state index is 11.2. The lowest BCUT2D eigenvalue weighted by molar-refractivity contribution is 0.221. The summed E-state index contributed by atoms with van der Waals surface area (Å²) in [5.74, 6) is 2.50. The van der Waals surface area contributed by atoms with Crippen LogP contribution in [0.2, 0.25) is 0 Å². The van der Waals surface area contributed by atoms with Gasteiger partial charge in [-0.3, -0.25) is 9.11 Å². The zero-order valence-electron chi connectivity index (χ0n) is 11.2. The van der Waals surface area contributed by atoms with E-state index in [0.29, 0.717) is 13.2 Å². The van der Waals surface area contributed by atoms with E-state index in [4.69, 9.17) is 10.5 Å². The number of nitrogens with zero attached hydrogens (tertiary/aromatic N) is 1. The largest absolute Gasteiger partial charge is 0.492 e. The first-order chi connectivity index (χ1) is 9.28. The van der Waals surface area contributed by atoms with Gasteiger partial charge in [-0.1, -0.05) is 12.1 Å². The predicted octanol–water partition coefficient (Wildman–Crippen LogP) is 0.631. The maximum atomic E-state index is 11.2. The Morgan fingerprint density at radius 3 is 2.53 bits per heavy atom. The van der Waals surface area contributed by atoms with Crippen molar-refractivity contribution >= 4 is 10.8 Å². The molecule has 106 valence electrons. The molecular weight excluding hydrogens is 260 g/mol. The van der Waals surface area contributed by atoms with E-state index in [1.807, 2.05) is 12.1 Å². The van der Waals surface area contributed by atoms with E-state index in [1.165, 1.54) is 5.56 Å². The van der Waals surface area contributed by atoms with E-state index in [2.05, 4.69) is 17.0 Å². The zero-order chi connectivity index (χ0) is 13.5. The Balaban J connectivity index is 1.69. The Hall–Kier alpha value is -0.910. The zero-order valence-corrected chi connectivity index (χ0v) is 12.0. The number of ether oxygens (including phenoxy) is 1. The van der Waals surface area contributed by atoms with Gasteiger partial charge in [0, 0.05) is 41.9 Å². The molecular formula is C14H22N2O2S. The van der Waals surface area contributed by atoms with Crippen molar-refractivity contribution in [2.24, 2.45) is 5.73 Å². The van der Waals surface area contributed by atoms with Gasteiger partial charge in [0.05, 0.1) is 0 Å². The fourth-order valence-electron chi connectivity index (χ4n) is 2.11. The Bertz CT molecular complexity index is 398. The molecule has 0 amide bonds. The second kappa shape index (κ2) is 7.62. The van der Waals surface area contributed by atoms with Gasteiger partial charge in [0.1, 0.15) is 12.4 Å². The van der Waals surface area contributed by atoms with Crippen LogP contribution in [0.3, 0.4) is 0 Å². The molecule has 1 fully saturated rings. The van der Waals surface area contributed by atoms with E-state index in [0.717, 1.165) is 43.3 Å². The minimum atomic E-state index is -0.600. The van der Waals surface area contributed by atoms with Crippen LogP contribution in [-0.2, 0) is 17.2 Å². The summed E-state index contributed by atoms with van der Waals surface area (Å²) in [6.45, 7) is 4.11. The third-order valence-electron chi connectivity index (χ3n) is 3.30. The summed E-state index contributed by atoms with van der Waals surface area (Å²) in [5, 5.41) is 0. The number of nitrogens with two attached hydrogens (primary N) is 1. The molecule has 0 aliphatic carbocycles. The molecule has 0 radical (unpaired) electrons. The van der Waals surface area contributed by atoms with Crippen molar-refractivity contribution in [2.45, 2.75) is 6.42 Å². The lowest BCUT2D eigenvalue weighted by Crippen LogP contribution is -2.39. The van der Waals surface area contributed by atoms with Crippen LogP contribution in [0.5, 0.6) is 5.75 Å². The van der Waals surface area contributed by atoms with Crippen molar-refractivity contribution in [1.29, 1.82) is 0 Å². The molecule has 1 aliphatic heterocycles. The Morgan fingerprint density at radius 2 is 1.89 bits per heavy atom. The van der Waals surface area contributed by atoms with E-state index in [1.54, 1.807) is 0 Å². The van der Waals surface area contributed by atoms with Crippen LogP contribution in [0.1, 0.15) is 5.56 Å². The van der Waals surface area contributed by atoms with Crippen LogP contribution in [0, 0.1) is 0 Å². The van der Waals surface area contributed by atoms with Crippen molar-refractivity contribution in [1.82, 2.24) is 4.90 Å². The molecule has 4 nitrogen and oxygen atoms in total. The molecule has 0 unspecified atom stereocenters. The van der Waals surface area contributed by atoms with Crippen LogP contribution in [-0.4, -0.2) is 53.4 Å². The van der Waals surface area contributed by atoms with Gasteiger partial charge < -0.3 is 10.5 Å². The second-order valence-electron chi connectivity index (χ2n) is 4.72. The summed E-state index contributed by atoms with van der Waals surface area (Å²) in [5.41, 5.74) is 6.76. The van der Waals surface area contributed by atoms with Gasteiger partial charge in [-0.2, -0.15) is 0 Å². The monoisotopic (exact) mass is 282 g/mol. The summed E-state index contributed by atoms with van der Waals surface area (Å²) in [4.78, 5) is 2.31. The first-order valence-corrected chi connectivity index (χ1v) is 8.26.